The molecule has 0 aliphatic carbocycles. The van der Waals surface area contributed by atoms with Gasteiger partial charge in [-0.3, -0.25) is 4.98 Å². The average molecular weight is 511 g/mol. The van der Waals surface area contributed by atoms with E-state index < -0.39 is 35.2 Å². The van der Waals surface area contributed by atoms with Crippen molar-refractivity contribution in [2.75, 3.05) is 0 Å². The molecule has 0 unspecified atom stereocenters. The van der Waals surface area contributed by atoms with Crippen LogP contribution in [0.25, 0.3) is 33.4 Å². The Morgan fingerprint density at radius 1 is 0.389 bits per heavy atom. The maximum atomic E-state index is 13.1. The van der Waals surface area contributed by atoms with Crippen molar-refractivity contribution in [1.29, 1.82) is 0 Å². The molecule has 1 aromatic heterocycles. The van der Waals surface area contributed by atoms with Crippen LogP contribution >= 0.6 is 0 Å². The fraction of sp³-hybridized carbons (Fsp3) is 0.115. The van der Waals surface area contributed by atoms with Crippen molar-refractivity contribution in [3.05, 3.63) is 102 Å². The van der Waals surface area contributed by atoms with Crippen LogP contribution in [0.3, 0.4) is 0 Å². The molecule has 4 rings (SSSR count). The van der Waals surface area contributed by atoms with E-state index in [0.29, 0.717) is 27.8 Å². The number of benzene rings is 3. The van der Waals surface area contributed by atoms with E-state index in [4.69, 9.17) is 0 Å². The number of halogens is 9. The second-order valence-corrected chi connectivity index (χ2v) is 7.83. The summed E-state index contributed by atoms with van der Waals surface area (Å²) in [6.45, 7) is 0. The number of nitrogens with zero attached hydrogens (tertiary/aromatic N) is 1. The van der Waals surface area contributed by atoms with Gasteiger partial charge in [0.05, 0.1) is 16.7 Å². The minimum atomic E-state index is -4.59. The second kappa shape index (κ2) is 9.00. The number of hydrogen-bond donors (Lipinski definition) is 0. The van der Waals surface area contributed by atoms with Crippen molar-refractivity contribution < 1.29 is 39.5 Å². The van der Waals surface area contributed by atoms with Crippen LogP contribution in [0.4, 0.5) is 39.5 Å². The van der Waals surface area contributed by atoms with E-state index in [0.717, 1.165) is 36.4 Å². The molecule has 36 heavy (non-hydrogen) atoms. The molecule has 1 heterocycles. The van der Waals surface area contributed by atoms with Gasteiger partial charge in [-0.2, -0.15) is 39.5 Å². The van der Waals surface area contributed by atoms with Crippen LogP contribution in [0.2, 0.25) is 0 Å². The number of pyridine rings is 1. The lowest BCUT2D eigenvalue weighted by Crippen LogP contribution is -2.05. The van der Waals surface area contributed by atoms with Gasteiger partial charge in [-0.15, -0.1) is 0 Å². The molecular weight excluding hydrogens is 497 g/mol. The molecule has 0 bridgehead atoms. The van der Waals surface area contributed by atoms with Crippen LogP contribution in [0, 0.1) is 0 Å². The van der Waals surface area contributed by atoms with E-state index in [-0.39, 0.29) is 5.56 Å². The Morgan fingerprint density at radius 3 is 0.944 bits per heavy atom. The Hall–Kier alpha value is -3.82. The van der Waals surface area contributed by atoms with Crippen molar-refractivity contribution in [1.82, 2.24) is 4.98 Å². The Balaban J connectivity index is 1.91. The highest BCUT2D eigenvalue weighted by Crippen LogP contribution is 2.42. The van der Waals surface area contributed by atoms with Crippen molar-refractivity contribution in [3.63, 3.8) is 0 Å². The first-order valence-electron chi connectivity index (χ1n) is 10.3. The molecule has 0 aliphatic heterocycles. The monoisotopic (exact) mass is 511 g/mol. The zero-order valence-electron chi connectivity index (χ0n) is 17.9. The zero-order chi connectivity index (χ0) is 26.3. The molecule has 0 saturated heterocycles. The molecule has 0 radical (unpaired) electrons. The number of aromatic nitrogens is 1. The fourth-order valence-corrected chi connectivity index (χ4v) is 3.71. The van der Waals surface area contributed by atoms with Crippen molar-refractivity contribution in [2.24, 2.45) is 0 Å². The predicted octanol–water partition coefficient (Wildman–Crippen LogP) is 9.14. The molecule has 0 spiro atoms. The maximum absolute atomic E-state index is 13.1. The molecule has 10 heteroatoms. The van der Waals surface area contributed by atoms with Crippen molar-refractivity contribution in [3.8, 4) is 33.4 Å². The summed E-state index contributed by atoms with van der Waals surface area (Å²) in [4.78, 5) is 4.10. The molecule has 186 valence electrons. The summed E-state index contributed by atoms with van der Waals surface area (Å²) in [7, 11) is 0. The summed E-state index contributed by atoms with van der Waals surface area (Å²) in [6.07, 6.45) is -11.1. The lowest BCUT2D eigenvalue weighted by atomic mass is 9.89. The molecule has 1 nitrogen and oxygen atoms in total. The maximum Gasteiger partial charge on any atom is 0.416 e. The zero-order valence-corrected chi connectivity index (χ0v) is 17.9. The first kappa shape index (κ1) is 25.3. The average Bonchev–Trinajstić information content (AvgIpc) is 2.82. The summed E-state index contributed by atoms with van der Waals surface area (Å²) in [5.41, 5.74) is -0.954. The van der Waals surface area contributed by atoms with Crippen LogP contribution in [-0.4, -0.2) is 4.98 Å². The minimum absolute atomic E-state index is 0.273. The van der Waals surface area contributed by atoms with Gasteiger partial charge < -0.3 is 0 Å². The third kappa shape index (κ3) is 5.22. The quantitative estimate of drug-likeness (QED) is 0.250. The molecule has 0 atom stereocenters. The Bertz CT molecular complexity index is 1270. The van der Waals surface area contributed by atoms with E-state index in [1.807, 2.05) is 0 Å². The molecule has 0 amide bonds. The van der Waals surface area contributed by atoms with Crippen LogP contribution in [0.1, 0.15) is 16.7 Å². The standard InChI is InChI=1S/C26H14F9N/c27-24(28,29)18-7-1-15(2-8-18)21-13-36-14-22(16-3-9-19(10-4-16)25(30,31)32)23(21)17-5-11-20(12-6-17)26(33,34)35/h1-14H. The highest BCUT2D eigenvalue weighted by atomic mass is 19.4. The molecule has 0 aliphatic rings. The van der Waals surface area contributed by atoms with Gasteiger partial charge in [0.1, 0.15) is 0 Å². The summed E-state index contributed by atoms with van der Waals surface area (Å²) in [5, 5.41) is 0. The molecule has 0 fully saturated rings. The number of alkyl halides is 9. The lowest BCUT2D eigenvalue weighted by molar-refractivity contribution is -0.138. The van der Waals surface area contributed by atoms with Gasteiger partial charge in [0, 0.05) is 29.1 Å². The molecule has 4 aromatic rings. The third-order valence-electron chi connectivity index (χ3n) is 5.49. The lowest BCUT2D eigenvalue weighted by Gasteiger charge is -2.17. The summed E-state index contributed by atoms with van der Waals surface area (Å²) in [6, 6.07) is 12.3. The van der Waals surface area contributed by atoms with Gasteiger partial charge in [0.25, 0.3) is 0 Å². The van der Waals surface area contributed by atoms with Crippen LogP contribution in [0.15, 0.2) is 85.2 Å². The van der Waals surface area contributed by atoms with Crippen LogP contribution in [0.5, 0.6) is 0 Å². The van der Waals surface area contributed by atoms with Gasteiger partial charge in [-0.05, 0) is 53.1 Å². The van der Waals surface area contributed by atoms with Gasteiger partial charge >= 0.3 is 18.5 Å². The van der Waals surface area contributed by atoms with Gasteiger partial charge in [-0.25, -0.2) is 0 Å². The third-order valence-corrected chi connectivity index (χ3v) is 5.49. The minimum Gasteiger partial charge on any atom is -0.263 e. The SMILES string of the molecule is FC(F)(F)c1ccc(-c2cncc(-c3ccc(C(F)(F)F)cc3)c2-c2ccc(C(F)(F)F)cc2)cc1. The topological polar surface area (TPSA) is 12.9 Å². The number of rotatable bonds is 3. The predicted molar refractivity (Wildman–Crippen MR) is 116 cm³/mol. The highest BCUT2D eigenvalue weighted by Gasteiger charge is 2.32. The molecule has 0 N–H and O–H groups in total. The molecule has 3 aromatic carbocycles. The summed E-state index contributed by atoms with van der Waals surface area (Å²) < 4.78 is 117. The number of hydrogen-bond acceptors (Lipinski definition) is 1. The largest absolute Gasteiger partial charge is 0.416 e. The van der Waals surface area contributed by atoms with Gasteiger partial charge in [0.15, 0.2) is 0 Å². The summed E-state index contributed by atoms with van der Waals surface area (Å²) in [5.74, 6) is 0. The molecule has 0 saturated carbocycles. The van der Waals surface area contributed by atoms with Crippen LogP contribution < -0.4 is 0 Å². The summed E-state index contributed by atoms with van der Waals surface area (Å²) >= 11 is 0. The van der Waals surface area contributed by atoms with E-state index in [1.54, 1.807) is 0 Å². The first-order valence-corrected chi connectivity index (χ1v) is 10.3. The van der Waals surface area contributed by atoms with Gasteiger partial charge in [0.2, 0.25) is 0 Å². The van der Waals surface area contributed by atoms with E-state index >= 15 is 0 Å². The Kier molecular flexibility index (Phi) is 6.32. The van der Waals surface area contributed by atoms with Crippen molar-refractivity contribution in [2.45, 2.75) is 18.5 Å². The van der Waals surface area contributed by atoms with Crippen molar-refractivity contribution >= 4 is 0 Å². The van der Waals surface area contributed by atoms with E-state index in [9.17, 15) is 39.5 Å². The van der Waals surface area contributed by atoms with E-state index in [2.05, 4.69) is 4.98 Å². The Morgan fingerprint density at radius 2 is 0.667 bits per heavy atom. The first-order chi connectivity index (χ1) is 16.7. The van der Waals surface area contributed by atoms with Gasteiger partial charge in [-0.1, -0.05) is 36.4 Å². The highest BCUT2D eigenvalue weighted by molar-refractivity contribution is 5.93. The fourth-order valence-electron chi connectivity index (χ4n) is 3.71. The van der Waals surface area contributed by atoms with Crippen LogP contribution in [-0.2, 0) is 18.5 Å². The molecular formula is C26H14F9N. The van der Waals surface area contributed by atoms with E-state index in [1.165, 1.54) is 48.8 Å². The Labute approximate surface area is 198 Å². The smallest absolute Gasteiger partial charge is 0.263 e. The normalized spacial score (nSPS) is 12.6. The second-order valence-electron chi connectivity index (χ2n) is 7.83.